The Kier molecular flexibility index (Phi) is 3.59. The van der Waals surface area contributed by atoms with Gasteiger partial charge in [0.1, 0.15) is 5.01 Å². The van der Waals surface area contributed by atoms with Gasteiger partial charge < -0.3 is 5.73 Å². The maximum Gasteiger partial charge on any atom is 0.123 e. The molecule has 84 valence electrons. The zero-order valence-electron chi connectivity index (χ0n) is 8.98. The number of rotatable bonds is 3. The van der Waals surface area contributed by atoms with E-state index in [1.54, 1.807) is 11.3 Å². The molecule has 0 saturated carbocycles. The molecule has 2 nitrogen and oxygen atoms in total. The SMILES string of the molecule is CC(CN)c1cnc(-c2ccc(Cl)cc2)s1. The third-order valence-corrected chi connectivity index (χ3v) is 3.98. The van der Waals surface area contributed by atoms with Gasteiger partial charge >= 0.3 is 0 Å². The van der Waals surface area contributed by atoms with Crippen molar-refractivity contribution in [2.75, 3.05) is 6.54 Å². The molecule has 16 heavy (non-hydrogen) atoms. The van der Waals surface area contributed by atoms with Crippen LogP contribution in [0.5, 0.6) is 0 Å². The number of nitrogens with zero attached hydrogens (tertiary/aromatic N) is 1. The normalized spacial score (nSPS) is 12.7. The molecule has 0 radical (unpaired) electrons. The molecular formula is C12H13ClN2S. The van der Waals surface area contributed by atoms with Crippen LogP contribution in [0.25, 0.3) is 10.6 Å². The standard InChI is InChI=1S/C12H13ClN2S/c1-8(6-14)11-7-15-12(16-11)9-2-4-10(13)5-3-9/h2-5,7-8H,6,14H2,1H3. The molecule has 0 aliphatic rings. The minimum Gasteiger partial charge on any atom is -0.330 e. The first-order valence-corrected chi connectivity index (χ1v) is 6.32. The summed E-state index contributed by atoms with van der Waals surface area (Å²) < 4.78 is 0. The van der Waals surface area contributed by atoms with Crippen LogP contribution >= 0.6 is 22.9 Å². The fraction of sp³-hybridized carbons (Fsp3) is 0.250. The van der Waals surface area contributed by atoms with Crippen LogP contribution < -0.4 is 5.73 Å². The summed E-state index contributed by atoms with van der Waals surface area (Å²) in [4.78, 5) is 5.63. The Morgan fingerprint density at radius 2 is 2.06 bits per heavy atom. The van der Waals surface area contributed by atoms with Crippen molar-refractivity contribution < 1.29 is 0 Å². The van der Waals surface area contributed by atoms with E-state index in [4.69, 9.17) is 17.3 Å². The first-order chi connectivity index (χ1) is 7.70. The minimum atomic E-state index is 0.374. The lowest BCUT2D eigenvalue weighted by Gasteiger charge is -2.02. The molecule has 1 unspecified atom stereocenters. The Labute approximate surface area is 104 Å². The summed E-state index contributed by atoms with van der Waals surface area (Å²) in [7, 11) is 0. The van der Waals surface area contributed by atoms with Crippen molar-refractivity contribution in [1.29, 1.82) is 0 Å². The molecule has 0 spiro atoms. The van der Waals surface area contributed by atoms with Crippen LogP contribution in [0.4, 0.5) is 0 Å². The maximum atomic E-state index is 5.84. The number of hydrogen-bond donors (Lipinski definition) is 1. The largest absolute Gasteiger partial charge is 0.330 e. The molecule has 2 N–H and O–H groups in total. The van der Waals surface area contributed by atoms with Crippen molar-refractivity contribution >= 4 is 22.9 Å². The van der Waals surface area contributed by atoms with Crippen molar-refractivity contribution in [3.63, 3.8) is 0 Å². The zero-order chi connectivity index (χ0) is 11.5. The number of aromatic nitrogens is 1. The van der Waals surface area contributed by atoms with Crippen molar-refractivity contribution in [2.24, 2.45) is 5.73 Å². The molecule has 0 amide bonds. The Bertz CT molecular complexity index is 464. The van der Waals surface area contributed by atoms with Gasteiger partial charge in [-0.3, -0.25) is 0 Å². The van der Waals surface area contributed by atoms with Crippen LogP contribution in [0.1, 0.15) is 17.7 Å². The second-order valence-corrected chi connectivity index (χ2v) is 5.21. The van der Waals surface area contributed by atoms with Gasteiger partial charge in [-0.25, -0.2) is 4.98 Å². The summed E-state index contributed by atoms with van der Waals surface area (Å²) in [5, 5.41) is 1.77. The van der Waals surface area contributed by atoms with Crippen LogP contribution in [0.2, 0.25) is 5.02 Å². The highest BCUT2D eigenvalue weighted by Crippen LogP contribution is 2.29. The predicted molar refractivity (Wildman–Crippen MR) is 70.0 cm³/mol. The highest BCUT2D eigenvalue weighted by Gasteiger charge is 2.09. The van der Waals surface area contributed by atoms with Gasteiger partial charge in [0.15, 0.2) is 0 Å². The van der Waals surface area contributed by atoms with E-state index in [0.29, 0.717) is 12.5 Å². The van der Waals surface area contributed by atoms with Crippen molar-refractivity contribution in [3.05, 3.63) is 40.4 Å². The molecule has 2 rings (SSSR count). The molecule has 0 fully saturated rings. The molecule has 1 aromatic heterocycles. The summed E-state index contributed by atoms with van der Waals surface area (Å²) in [5.74, 6) is 0.374. The fourth-order valence-corrected chi connectivity index (χ4v) is 2.47. The van der Waals surface area contributed by atoms with Gasteiger partial charge in [0.05, 0.1) is 0 Å². The number of benzene rings is 1. The third-order valence-electron chi connectivity index (χ3n) is 2.45. The summed E-state index contributed by atoms with van der Waals surface area (Å²) >= 11 is 7.53. The van der Waals surface area contributed by atoms with Crippen LogP contribution in [-0.4, -0.2) is 11.5 Å². The van der Waals surface area contributed by atoms with Crippen LogP contribution in [-0.2, 0) is 0 Å². The van der Waals surface area contributed by atoms with E-state index < -0.39 is 0 Å². The van der Waals surface area contributed by atoms with E-state index in [9.17, 15) is 0 Å². The van der Waals surface area contributed by atoms with Crippen LogP contribution in [0.3, 0.4) is 0 Å². The average Bonchev–Trinajstić information content (AvgIpc) is 2.78. The molecular weight excluding hydrogens is 240 g/mol. The molecule has 0 aliphatic heterocycles. The van der Waals surface area contributed by atoms with E-state index in [-0.39, 0.29) is 0 Å². The van der Waals surface area contributed by atoms with Gasteiger partial charge in [-0.2, -0.15) is 0 Å². The van der Waals surface area contributed by atoms with E-state index in [1.807, 2.05) is 30.5 Å². The Hall–Kier alpha value is -0.900. The first-order valence-electron chi connectivity index (χ1n) is 5.12. The van der Waals surface area contributed by atoms with Gasteiger partial charge in [0.25, 0.3) is 0 Å². The van der Waals surface area contributed by atoms with Gasteiger partial charge in [-0.1, -0.05) is 30.7 Å². The van der Waals surface area contributed by atoms with Crippen LogP contribution in [0, 0.1) is 0 Å². The van der Waals surface area contributed by atoms with E-state index in [1.165, 1.54) is 4.88 Å². The molecule has 0 bridgehead atoms. The van der Waals surface area contributed by atoms with Crippen molar-refractivity contribution in [2.45, 2.75) is 12.8 Å². The molecule has 1 aromatic carbocycles. The first kappa shape index (κ1) is 11.6. The highest BCUT2D eigenvalue weighted by atomic mass is 35.5. The minimum absolute atomic E-state index is 0.374. The summed E-state index contributed by atoms with van der Waals surface area (Å²) in [6.07, 6.45) is 1.91. The van der Waals surface area contributed by atoms with Gasteiger partial charge in [0.2, 0.25) is 0 Å². The number of hydrogen-bond acceptors (Lipinski definition) is 3. The predicted octanol–water partition coefficient (Wildman–Crippen LogP) is 3.53. The molecule has 4 heteroatoms. The Balaban J connectivity index is 2.28. The van der Waals surface area contributed by atoms with Gasteiger partial charge in [-0.05, 0) is 18.7 Å². The molecule has 0 aliphatic carbocycles. The quantitative estimate of drug-likeness (QED) is 0.908. The number of thiazole rings is 1. The smallest absolute Gasteiger partial charge is 0.123 e. The van der Waals surface area contributed by atoms with E-state index in [2.05, 4.69) is 11.9 Å². The average molecular weight is 253 g/mol. The summed E-state index contributed by atoms with van der Waals surface area (Å²) in [5.41, 5.74) is 6.74. The second kappa shape index (κ2) is 4.95. The maximum absolute atomic E-state index is 5.84. The lowest BCUT2D eigenvalue weighted by Crippen LogP contribution is -2.07. The topological polar surface area (TPSA) is 38.9 Å². The third kappa shape index (κ3) is 2.43. The lowest BCUT2D eigenvalue weighted by atomic mass is 10.2. The van der Waals surface area contributed by atoms with Gasteiger partial charge in [0, 0.05) is 27.6 Å². The summed E-state index contributed by atoms with van der Waals surface area (Å²) in [6, 6.07) is 7.73. The van der Waals surface area contributed by atoms with E-state index >= 15 is 0 Å². The van der Waals surface area contributed by atoms with Gasteiger partial charge in [-0.15, -0.1) is 11.3 Å². The number of nitrogens with two attached hydrogens (primary N) is 1. The second-order valence-electron chi connectivity index (χ2n) is 3.71. The highest BCUT2D eigenvalue weighted by molar-refractivity contribution is 7.15. The van der Waals surface area contributed by atoms with Crippen molar-refractivity contribution in [3.8, 4) is 10.6 Å². The molecule has 0 saturated heterocycles. The fourth-order valence-electron chi connectivity index (χ4n) is 1.36. The van der Waals surface area contributed by atoms with Crippen molar-refractivity contribution in [1.82, 2.24) is 4.98 Å². The zero-order valence-corrected chi connectivity index (χ0v) is 10.6. The Morgan fingerprint density at radius 1 is 1.38 bits per heavy atom. The lowest BCUT2D eigenvalue weighted by molar-refractivity contribution is 0.787. The van der Waals surface area contributed by atoms with Crippen LogP contribution in [0.15, 0.2) is 30.5 Å². The summed E-state index contributed by atoms with van der Waals surface area (Å²) in [6.45, 7) is 2.77. The Morgan fingerprint density at radius 3 is 2.69 bits per heavy atom. The molecule has 1 atom stereocenters. The monoisotopic (exact) mass is 252 g/mol. The molecule has 1 heterocycles. The van der Waals surface area contributed by atoms with E-state index in [0.717, 1.165) is 15.6 Å². The number of halogens is 1. The molecule has 2 aromatic rings.